The Kier molecular flexibility index (Phi) is 6.21. The van der Waals surface area contributed by atoms with Crippen molar-refractivity contribution in [1.82, 2.24) is 14.0 Å². The van der Waals surface area contributed by atoms with Crippen molar-refractivity contribution in [2.75, 3.05) is 19.6 Å². The van der Waals surface area contributed by atoms with Crippen molar-refractivity contribution in [3.05, 3.63) is 53.5 Å². The average Bonchev–Trinajstić information content (AvgIpc) is 3.41. The van der Waals surface area contributed by atoms with E-state index in [2.05, 4.69) is 9.71 Å². The van der Waals surface area contributed by atoms with Gasteiger partial charge >= 0.3 is 0 Å². The number of rotatable bonds is 8. The molecule has 0 atom stereocenters. The molecule has 3 aromatic rings. The van der Waals surface area contributed by atoms with Gasteiger partial charge in [0, 0.05) is 26.1 Å². The minimum Gasteiger partial charge on any atom is -0.241 e. The molecule has 2 aromatic carbocycles. The van der Waals surface area contributed by atoms with Gasteiger partial charge in [0.25, 0.3) is 0 Å². The summed E-state index contributed by atoms with van der Waals surface area (Å²) in [6.45, 7) is 1.31. The van der Waals surface area contributed by atoms with Crippen molar-refractivity contribution >= 4 is 41.6 Å². The molecule has 1 N–H and O–H groups in total. The minimum atomic E-state index is -3.70. The molecule has 0 unspecified atom stereocenters. The maximum absolute atomic E-state index is 12.6. The topological polar surface area (TPSA) is 96.4 Å². The van der Waals surface area contributed by atoms with Crippen LogP contribution in [0.25, 0.3) is 10.2 Å². The molecule has 1 aromatic heterocycles. The van der Waals surface area contributed by atoms with E-state index in [-0.39, 0.29) is 16.3 Å². The van der Waals surface area contributed by atoms with Gasteiger partial charge in [-0.15, -0.1) is 11.3 Å². The van der Waals surface area contributed by atoms with Crippen molar-refractivity contribution in [3.63, 3.8) is 0 Å². The van der Waals surface area contributed by atoms with E-state index in [0.717, 1.165) is 28.1 Å². The number of sulfonamides is 2. The third-order valence-electron chi connectivity index (χ3n) is 5.03. The van der Waals surface area contributed by atoms with E-state index in [4.69, 9.17) is 0 Å². The van der Waals surface area contributed by atoms with Crippen molar-refractivity contribution in [2.45, 2.75) is 35.5 Å². The summed E-state index contributed by atoms with van der Waals surface area (Å²) in [5.74, 6) is 0. The molecule has 7 nitrogen and oxygen atoms in total. The SMILES string of the molecule is O=S(=O)(NCCCc1nc2ccccc2s1)c1ccc(S(=O)(=O)N2CCCC2)cc1. The summed E-state index contributed by atoms with van der Waals surface area (Å²) < 4.78 is 55.3. The summed E-state index contributed by atoms with van der Waals surface area (Å²) in [7, 11) is -7.25. The molecular formula is C20H23N3O4S3. The molecular weight excluding hydrogens is 442 g/mol. The summed E-state index contributed by atoms with van der Waals surface area (Å²) in [5.41, 5.74) is 0.960. The van der Waals surface area contributed by atoms with Crippen molar-refractivity contribution < 1.29 is 16.8 Å². The number of thiazole rings is 1. The molecule has 1 aliphatic rings. The first-order chi connectivity index (χ1) is 14.4. The van der Waals surface area contributed by atoms with Crippen LogP contribution >= 0.6 is 11.3 Å². The van der Waals surface area contributed by atoms with Gasteiger partial charge in [-0.25, -0.2) is 26.5 Å². The zero-order valence-electron chi connectivity index (χ0n) is 16.3. The number of para-hydroxylation sites is 1. The number of nitrogens with zero attached hydrogens (tertiary/aromatic N) is 2. The molecule has 2 heterocycles. The number of aromatic nitrogens is 1. The van der Waals surface area contributed by atoms with E-state index in [9.17, 15) is 16.8 Å². The number of fused-ring (bicyclic) bond motifs is 1. The predicted molar refractivity (Wildman–Crippen MR) is 118 cm³/mol. The maximum atomic E-state index is 12.6. The van der Waals surface area contributed by atoms with Gasteiger partial charge in [0.2, 0.25) is 20.0 Å². The van der Waals surface area contributed by atoms with Gasteiger partial charge in [0.05, 0.1) is 25.0 Å². The molecule has 30 heavy (non-hydrogen) atoms. The first-order valence-corrected chi connectivity index (χ1v) is 13.5. The van der Waals surface area contributed by atoms with Crippen LogP contribution in [0.2, 0.25) is 0 Å². The molecule has 10 heteroatoms. The fourth-order valence-corrected chi connectivity index (χ4v) is 7.02. The van der Waals surface area contributed by atoms with Gasteiger partial charge < -0.3 is 0 Å². The first kappa shape index (κ1) is 21.4. The van der Waals surface area contributed by atoms with Crippen LogP contribution in [0.5, 0.6) is 0 Å². The molecule has 0 bridgehead atoms. The second-order valence-corrected chi connectivity index (χ2v) is 12.0. The number of nitrogens with one attached hydrogen (secondary N) is 1. The molecule has 160 valence electrons. The molecule has 0 saturated carbocycles. The van der Waals surface area contributed by atoms with Crippen molar-refractivity contribution in [1.29, 1.82) is 0 Å². The fraction of sp³-hybridized carbons (Fsp3) is 0.350. The van der Waals surface area contributed by atoms with E-state index in [1.54, 1.807) is 11.3 Å². The zero-order chi connectivity index (χ0) is 21.2. The van der Waals surface area contributed by atoms with Crippen molar-refractivity contribution in [3.8, 4) is 0 Å². The highest BCUT2D eigenvalue weighted by molar-refractivity contribution is 7.89. The molecule has 1 aliphatic heterocycles. The van der Waals surface area contributed by atoms with Crippen LogP contribution in [0, 0.1) is 0 Å². The highest BCUT2D eigenvalue weighted by Crippen LogP contribution is 2.23. The Balaban J connectivity index is 1.35. The van der Waals surface area contributed by atoms with Gasteiger partial charge in [0.1, 0.15) is 0 Å². The predicted octanol–water partition coefficient (Wildman–Crippen LogP) is 2.99. The van der Waals surface area contributed by atoms with Crippen LogP contribution in [0.3, 0.4) is 0 Å². The second kappa shape index (κ2) is 8.72. The number of aryl methyl sites for hydroxylation is 1. The van der Waals surface area contributed by atoms with Gasteiger partial charge in [0.15, 0.2) is 0 Å². The molecule has 0 aliphatic carbocycles. The zero-order valence-corrected chi connectivity index (χ0v) is 18.8. The second-order valence-electron chi connectivity index (χ2n) is 7.16. The minimum absolute atomic E-state index is 0.0582. The standard InChI is InChI=1S/C20H23N3O4S3/c24-29(25,21-13-5-8-20-22-18-6-1-2-7-19(18)28-20)16-9-11-17(12-10-16)30(26,27)23-14-3-4-15-23/h1-2,6-7,9-12,21H,3-5,8,13-15H2. The Hall–Kier alpha value is -1.85. The largest absolute Gasteiger partial charge is 0.243 e. The normalized spacial score (nSPS) is 15.7. The van der Waals surface area contributed by atoms with E-state index in [0.29, 0.717) is 25.9 Å². The lowest BCUT2D eigenvalue weighted by Gasteiger charge is -2.15. The van der Waals surface area contributed by atoms with Crippen molar-refractivity contribution in [2.24, 2.45) is 0 Å². The molecule has 1 saturated heterocycles. The summed E-state index contributed by atoms with van der Waals surface area (Å²) in [6, 6.07) is 13.3. The maximum Gasteiger partial charge on any atom is 0.243 e. The first-order valence-electron chi connectivity index (χ1n) is 9.81. The third kappa shape index (κ3) is 4.57. The van der Waals surface area contributed by atoms with Gasteiger partial charge in [-0.3, -0.25) is 0 Å². The number of hydrogen-bond acceptors (Lipinski definition) is 6. The average molecular weight is 466 g/mol. The van der Waals surface area contributed by atoms with Gasteiger partial charge in [-0.1, -0.05) is 12.1 Å². The molecule has 0 amide bonds. The van der Waals surface area contributed by atoms with Gasteiger partial charge in [-0.05, 0) is 55.7 Å². The summed E-state index contributed by atoms with van der Waals surface area (Å²) in [4.78, 5) is 4.73. The highest BCUT2D eigenvalue weighted by Gasteiger charge is 2.27. The Labute approximate surface area is 180 Å². The summed E-state index contributed by atoms with van der Waals surface area (Å²) >= 11 is 1.62. The van der Waals surface area contributed by atoms with Crippen LogP contribution in [0.1, 0.15) is 24.3 Å². The van der Waals surface area contributed by atoms with Crippen LogP contribution in [-0.2, 0) is 26.5 Å². The highest BCUT2D eigenvalue weighted by atomic mass is 32.2. The Morgan fingerprint density at radius 1 is 0.933 bits per heavy atom. The van der Waals surface area contributed by atoms with Gasteiger partial charge in [-0.2, -0.15) is 4.31 Å². The van der Waals surface area contributed by atoms with Crippen LogP contribution in [-0.4, -0.2) is 45.8 Å². The lowest BCUT2D eigenvalue weighted by Crippen LogP contribution is -2.28. The quantitative estimate of drug-likeness (QED) is 0.516. The summed E-state index contributed by atoms with van der Waals surface area (Å²) in [5, 5.41) is 0.979. The monoisotopic (exact) mass is 465 g/mol. The smallest absolute Gasteiger partial charge is 0.241 e. The van der Waals surface area contributed by atoms with Crippen LogP contribution in [0.15, 0.2) is 58.3 Å². The van der Waals surface area contributed by atoms with Crippen LogP contribution in [0.4, 0.5) is 0 Å². The fourth-order valence-electron chi connectivity index (χ4n) is 3.42. The van der Waals surface area contributed by atoms with E-state index in [1.165, 1.54) is 28.6 Å². The number of benzene rings is 2. The van der Waals surface area contributed by atoms with Crippen LogP contribution < -0.4 is 4.72 Å². The molecule has 4 rings (SSSR count). The molecule has 1 fully saturated rings. The lowest BCUT2D eigenvalue weighted by molar-refractivity contribution is 0.477. The molecule has 0 radical (unpaired) electrons. The summed E-state index contributed by atoms with van der Waals surface area (Å²) in [6.07, 6.45) is 3.02. The number of hydrogen-bond donors (Lipinski definition) is 1. The lowest BCUT2D eigenvalue weighted by atomic mass is 10.3. The Morgan fingerprint density at radius 2 is 1.60 bits per heavy atom. The Bertz CT molecular complexity index is 1200. The molecule has 0 spiro atoms. The third-order valence-corrected chi connectivity index (χ3v) is 9.52. The van der Waals surface area contributed by atoms with E-state index in [1.807, 2.05) is 24.3 Å². The van der Waals surface area contributed by atoms with E-state index < -0.39 is 20.0 Å². The Morgan fingerprint density at radius 3 is 2.30 bits per heavy atom. The van der Waals surface area contributed by atoms with E-state index >= 15 is 0 Å².